The number of nitrogens with zero attached hydrogens (tertiary/aromatic N) is 2. The van der Waals surface area contributed by atoms with Crippen LogP contribution in [0.5, 0.6) is 5.75 Å². The maximum absolute atomic E-state index is 15.1. The van der Waals surface area contributed by atoms with E-state index in [1.54, 1.807) is 61.5 Å². The lowest BCUT2D eigenvalue weighted by Crippen LogP contribution is -2.32. The molecule has 0 fully saturated rings. The summed E-state index contributed by atoms with van der Waals surface area (Å²) in [7, 11) is 1.51. The molecule has 4 aromatic rings. The van der Waals surface area contributed by atoms with Gasteiger partial charge < -0.3 is 20.7 Å². The number of benzene rings is 3. The van der Waals surface area contributed by atoms with Gasteiger partial charge in [0.1, 0.15) is 29.0 Å². The molecule has 0 aliphatic carbocycles. The molecule has 0 unspecified atom stereocenters. The van der Waals surface area contributed by atoms with Crippen molar-refractivity contribution in [3.8, 4) is 5.75 Å². The number of carbonyl (C=O) groups excluding carboxylic acids is 2. The molecular weight excluding hydrogens is 473 g/mol. The number of ether oxygens (including phenoxy) is 1. The Morgan fingerprint density at radius 2 is 1.65 bits per heavy atom. The van der Waals surface area contributed by atoms with Gasteiger partial charge in [-0.3, -0.25) is 9.59 Å². The van der Waals surface area contributed by atoms with Crippen molar-refractivity contribution in [3.05, 3.63) is 113 Å². The number of aromatic nitrogens is 2. The minimum absolute atomic E-state index is 0.243. The maximum Gasteiger partial charge on any atom is 0.261 e. The monoisotopic (exact) mass is 497 g/mol. The van der Waals surface area contributed by atoms with Crippen molar-refractivity contribution in [2.45, 2.75) is 13.0 Å². The normalized spacial score (nSPS) is 14.4. The number of hydrogen-bond acceptors (Lipinski definition) is 5. The number of halogens is 1. The predicted molar refractivity (Wildman–Crippen MR) is 139 cm³/mol. The van der Waals surface area contributed by atoms with E-state index in [1.165, 1.54) is 24.1 Å². The fourth-order valence-corrected chi connectivity index (χ4v) is 4.36. The number of methoxy groups -OCH3 is 1. The molecule has 3 N–H and O–H groups in total. The van der Waals surface area contributed by atoms with Crippen LogP contribution in [0, 0.1) is 5.82 Å². The first kappa shape index (κ1) is 23.8. The third-order valence-electron chi connectivity index (χ3n) is 6.10. The smallest absolute Gasteiger partial charge is 0.261 e. The number of allylic oxidation sites excluding steroid dienone is 1. The zero-order valence-corrected chi connectivity index (χ0v) is 20.2. The highest BCUT2D eigenvalue weighted by Crippen LogP contribution is 2.39. The van der Waals surface area contributed by atoms with E-state index in [0.29, 0.717) is 28.6 Å². The molecule has 1 aromatic heterocycles. The van der Waals surface area contributed by atoms with Crippen LogP contribution in [-0.2, 0) is 4.79 Å². The van der Waals surface area contributed by atoms with Gasteiger partial charge in [0.25, 0.3) is 11.8 Å². The topological polar surface area (TPSA) is 97.3 Å². The van der Waals surface area contributed by atoms with Crippen LogP contribution >= 0.6 is 0 Å². The first-order valence-corrected chi connectivity index (χ1v) is 11.6. The molecule has 0 saturated carbocycles. The second-order valence-corrected chi connectivity index (χ2v) is 8.41. The minimum atomic E-state index is -0.926. The van der Waals surface area contributed by atoms with E-state index in [1.807, 2.05) is 18.2 Å². The number of amides is 2. The van der Waals surface area contributed by atoms with Crippen molar-refractivity contribution in [1.29, 1.82) is 0 Å². The Kier molecular flexibility index (Phi) is 6.42. The largest absolute Gasteiger partial charge is 0.495 e. The van der Waals surface area contributed by atoms with Gasteiger partial charge in [0.2, 0.25) is 0 Å². The number of hydrogen-bond donors (Lipinski definition) is 3. The van der Waals surface area contributed by atoms with Gasteiger partial charge in [-0.25, -0.2) is 9.07 Å². The molecule has 186 valence electrons. The highest BCUT2D eigenvalue weighted by Gasteiger charge is 2.36. The summed E-state index contributed by atoms with van der Waals surface area (Å²) in [4.78, 5) is 26.7. The van der Waals surface area contributed by atoms with Crippen LogP contribution in [-0.4, -0.2) is 28.7 Å². The van der Waals surface area contributed by atoms with Gasteiger partial charge in [0, 0.05) is 16.9 Å². The fraction of sp³-hybridized carbons (Fsp3) is 0.107. The van der Waals surface area contributed by atoms with Gasteiger partial charge in [-0.05, 0) is 37.3 Å². The van der Waals surface area contributed by atoms with E-state index in [2.05, 4.69) is 21.0 Å². The summed E-state index contributed by atoms with van der Waals surface area (Å²) >= 11 is 0. The van der Waals surface area contributed by atoms with Gasteiger partial charge in [0.05, 0.1) is 24.6 Å². The van der Waals surface area contributed by atoms with Crippen LogP contribution in [0.3, 0.4) is 0 Å². The summed E-state index contributed by atoms with van der Waals surface area (Å²) in [6.07, 6.45) is 1.41. The number of rotatable bonds is 6. The van der Waals surface area contributed by atoms with Crippen molar-refractivity contribution < 1.29 is 18.7 Å². The Hall–Kier alpha value is -4.92. The second kappa shape index (κ2) is 9.98. The highest BCUT2D eigenvalue weighted by molar-refractivity contribution is 6.09. The van der Waals surface area contributed by atoms with E-state index < -0.39 is 17.8 Å². The first-order valence-electron chi connectivity index (χ1n) is 11.6. The molecule has 2 heterocycles. The molecule has 1 aliphatic heterocycles. The Balaban J connectivity index is 1.56. The van der Waals surface area contributed by atoms with E-state index >= 15 is 4.39 Å². The van der Waals surface area contributed by atoms with E-state index in [0.717, 1.165) is 0 Å². The summed E-state index contributed by atoms with van der Waals surface area (Å²) in [6.45, 7) is 1.71. The van der Waals surface area contributed by atoms with Crippen molar-refractivity contribution >= 4 is 29.0 Å². The molecule has 0 radical (unpaired) electrons. The second-order valence-electron chi connectivity index (χ2n) is 8.41. The molecule has 1 aliphatic rings. The van der Waals surface area contributed by atoms with Gasteiger partial charge in [-0.15, -0.1) is 0 Å². The maximum atomic E-state index is 15.1. The third-order valence-corrected chi connectivity index (χ3v) is 6.10. The number of carbonyl (C=O) groups is 2. The molecule has 9 heteroatoms. The molecule has 5 rings (SSSR count). The number of nitrogens with one attached hydrogen (secondary N) is 3. The molecule has 3 aromatic carbocycles. The summed E-state index contributed by atoms with van der Waals surface area (Å²) in [5, 5.41) is 13.3. The molecule has 0 saturated heterocycles. The fourth-order valence-electron chi connectivity index (χ4n) is 4.36. The average molecular weight is 498 g/mol. The highest BCUT2D eigenvalue weighted by atomic mass is 19.1. The lowest BCUT2D eigenvalue weighted by molar-refractivity contribution is -0.113. The Bertz CT molecular complexity index is 1510. The van der Waals surface area contributed by atoms with E-state index in [-0.39, 0.29) is 22.6 Å². The lowest BCUT2D eigenvalue weighted by atomic mass is 9.94. The summed E-state index contributed by atoms with van der Waals surface area (Å²) in [5.41, 5.74) is 2.31. The number of para-hydroxylation sites is 3. The summed E-state index contributed by atoms with van der Waals surface area (Å²) in [5.74, 6) is -0.504. The Labute approximate surface area is 212 Å². The molecule has 1 atom stereocenters. The van der Waals surface area contributed by atoms with Crippen LogP contribution in [0.1, 0.15) is 28.9 Å². The standard InChI is InChI=1S/C28H24FN5O3/c1-17-24(28(36)33-22-14-8-9-15-23(22)37-2)25(19-12-6-7-13-21(19)29)34-26(31-17)20(16-30-34)27(35)32-18-10-4-3-5-11-18/h3-16,25,31H,1-2H3,(H,32,35)(H,33,36)/t25-/m1/s1. The molecule has 0 spiro atoms. The van der Waals surface area contributed by atoms with Gasteiger partial charge in [-0.1, -0.05) is 48.5 Å². The van der Waals surface area contributed by atoms with Crippen molar-refractivity contribution in [2.75, 3.05) is 23.1 Å². The van der Waals surface area contributed by atoms with Crippen LogP contribution in [0.4, 0.5) is 21.6 Å². The van der Waals surface area contributed by atoms with Crippen LogP contribution in [0.15, 0.2) is 96.3 Å². The SMILES string of the molecule is COc1ccccc1NC(=O)C1=C(C)Nc2c(C(=O)Nc3ccccc3)cnn2[C@@H]1c1ccccc1F. The molecule has 2 amide bonds. The molecule has 0 bridgehead atoms. The number of fused-ring (bicyclic) bond motifs is 1. The van der Waals surface area contributed by atoms with E-state index in [9.17, 15) is 9.59 Å². The Morgan fingerprint density at radius 1 is 0.946 bits per heavy atom. The quantitative estimate of drug-likeness (QED) is 0.340. The third kappa shape index (κ3) is 4.54. The summed E-state index contributed by atoms with van der Waals surface area (Å²) < 4.78 is 21.9. The molecular formula is C28H24FN5O3. The van der Waals surface area contributed by atoms with Crippen molar-refractivity contribution in [1.82, 2.24) is 9.78 Å². The van der Waals surface area contributed by atoms with E-state index in [4.69, 9.17) is 4.74 Å². The van der Waals surface area contributed by atoms with Crippen molar-refractivity contribution in [3.63, 3.8) is 0 Å². The zero-order chi connectivity index (χ0) is 25.9. The van der Waals surface area contributed by atoms with Gasteiger partial charge in [0.15, 0.2) is 0 Å². The van der Waals surface area contributed by atoms with Gasteiger partial charge >= 0.3 is 0 Å². The number of anilines is 3. The summed E-state index contributed by atoms with van der Waals surface area (Å²) in [6, 6.07) is 21.3. The molecule has 8 nitrogen and oxygen atoms in total. The Morgan fingerprint density at radius 3 is 2.41 bits per heavy atom. The molecule has 37 heavy (non-hydrogen) atoms. The zero-order valence-electron chi connectivity index (χ0n) is 20.2. The van der Waals surface area contributed by atoms with Crippen LogP contribution in [0.2, 0.25) is 0 Å². The average Bonchev–Trinajstić information content (AvgIpc) is 3.32. The van der Waals surface area contributed by atoms with Crippen LogP contribution in [0.25, 0.3) is 0 Å². The lowest BCUT2D eigenvalue weighted by Gasteiger charge is -2.30. The van der Waals surface area contributed by atoms with Crippen molar-refractivity contribution in [2.24, 2.45) is 0 Å². The van der Waals surface area contributed by atoms with Gasteiger partial charge in [-0.2, -0.15) is 5.10 Å². The van der Waals surface area contributed by atoms with Crippen LogP contribution < -0.4 is 20.7 Å². The minimum Gasteiger partial charge on any atom is -0.495 e. The predicted octanol–water partition coefficient (Wildman–Crippen LogP) is 5.21. The first-order chi connectivity index (χ1) is 18.0.